The van der Waals surface area contributed by atoms with E-state index in [1.165, 1.54) is 10.0 Å². The van der Waals surface area contributed by atoms with Gasteiger partial charge in [-0.05, 0) is 0 Å². The fourth-order valence-corrected chi connectivity index (χ4v) is 7.13. The Bertz CT molecular complexity index is 883. The molecule has 2 aromatic heterocycles. The van der Waals surface area contributed by atoms with Crippen molar-refractivity contribution < 1.29 is 9.53 Å². The number of carbonyl (C=O) groups is 1. The number of piperidine rings is 1. The van der Waals surface area contributed by atoms with Crippen LogP contribution in [0, 0.1) is 0 Å². The number of hydrogen-bond donors (Lipinski definition) is 2. The number of nitrogens with one attached hydrogen (secondary N) is 1. The Kier molecular flexibility index (Phi) is 6.21. The molecule has 158 valence electrons. The summed E-state index contributed by atoms with van der Waals surface area (Å²) in [6, 6.07) is 2.28. The van der Waals surface area contributed by atoms with E-state index in [1.807, 2.05) is 25.3 Å². The van der Waals surface area contributed by atoms with Gasteiger partial charge in [0.15, 0.2) is 0 Å². The number of fused-ring (bicyclic) bond motifs is 1. The first-order valence-electron chi connectivity index (χ1n) is 10.1. The predicted molar refractivity (Wildman–Crippen MR) is 117 cm³/mol. The molecule has 3 rings (SSSR count). The van der Waals surface area contributed by atoms with Crippen molar-refractivity contribution in [2.45, 2.75) is 69.5 Å². The van der Waals surface area contributed by atoms with Gasteiger partial charge in [0.2, 0.25) is 0 Å². The quantitative estimate of drug-likeness (QED) is 0.620. The zero-order chi connectivity index (χ0) is 21.4. The van der Waals surface area contributed by atoms with E-state index >= 15 is 0 Å². The second-order valence-electron chi connectivity index (χ2n) is 9.63. The summed E-state index contributed by atoms with van der Waals surface area (Å²) in [4.78, 5) is 18.7. The third kappa shape index (κ3) is 5.67. The van der Waals surface area contributed by atoms with Crippen LogP contribution in [0.2, 0.25) is 3.43 Å². The van der Waals surface area contributed by atoms with Crippen LogP contribution in [0.15, 0.2) is 12.4 Å². The summed E-state index contributed by atoms with van der Waals surface area (Å²) < 4.78 is 8.98. The van der Waals surface area contributed by atoms with E-state index in [0.29, 0.717) is 12.4 Å². The van der Waals surface area contributed by atoms with Crippen LogP contribution < -0.4 is 19.7 Å². The molecule has 0 aliphatic carbocycles. The fourth-order valence-electron chi connectivity index (χ4n) is 3.55. The minimum absolute atomic E-state index is 0.0328. The van der Waals surface area contributed by atoms with E-state index in [9.17, 15) is 4.79 Å². The molecule has 9 heteroatoms. The van der Waals surface area contributed by atoms with Gasteiger partial charge < -0.3 is 0 Å². The van der Waals surface area contributed by atoms with Crippen LogP contribution in [0.1, 0.15) is 54.4 Å². The summed E-state index contributed by atoms with van der Waals surface area (Å²) in [6.45, 7) is 14.1. The van der Waals surface area contributed by atoms with Crippen LogP contribution in [0.3, 0.4) is 0 Å². The number of carbonyl (C=O) groups excluding carboxylic acids is 1. The van der Waals surface area contributed by atoms with Gasteiger partial charge in [-0.25, -0.2) is 0 Å². The average Bonchev–Trinajstić information content (AvgIpc) is 2.91. The van der Waals surface area contributed by atoms with Crippen molar-refractivity contribution in [2.24, 2.45) is 0 Å². The second-order valence-corrected chi connectivity index (χ2v) is 16.1. The Morgan fingerprint density at radius 3 is 2.69 bits per heavy atom. The van der Waals surface area contributed by atoms with E-state index in [0.717, 1.165) is 30.6 Å². The molecule has 1 amide bonds. The zero-order valence-corrected chi connectivity index (χ0v) is 21.1. The van der Waals surface area contributed by atoms with Crippen molar-refractivity contribution in [3.8, 4) is 0 Å². The van der Waals surface area contributed by atoms with Crippen molar-refractivity contribution in [1.29, 1.82) is 0 Å². The molecule has 1 fully saturated rings. The molecule has 0 unspecified atom stereocenters. The minimum atomic E-state index is -0.900. The number of hydrogen-bond acceptors (Lipinski definition) is 6. The van der Waals surface area contributed by atoms with Gasteiger partial charge in [-0.3, -0.25) is 0 Å². The van der Waals surface area contributed by atoms with Crippen LogP contribution in [0.5, 0.6) is 0 Å². The van der Waals surface area contributed by atoms with E-state index in [4.69, 9.17) is 10.5 Å². The van der Waals surface area contributed by atoms with Crippen molar-refractivity contribution in [2.75, 3.05) is 23.7 Å². The molecule has 3 heterocycles. The molecule has 1 aliphatic rings. The third-order valence-corrected chi connectivity index (χ3v) is 8.44. The van der Waals surface area contributed by atoms with Gasteiger partial charge in [0.25, 0.3) is 0 Å². The van der Waals surface area contributed by atoms with Crippen molar-refractivity contribution in [3.63, 3.8) is 0 Å². The number of ether oxygens (including phenoxy) is 1. The number of nitrogens with zero attached hydrogens (tertiary/aromatic N) is 4. The van der Waals surface area contributed by atoms with Gasteiger partial charge in [-0.15, -0.1) is 0 Å². The van der Waals surface area contributed by atoms with Crippen molar-refractivity contribution >= 4 is 48.0 Å². The molecule has 1 aliphatic heterocycles. The molecule has 2 radical (unpaired) electrons. The summed E-state index contributed by atoms with van der Waals surface area (Å²) in [5.74, 6) is 0.497. The molecule has 2 aromatic rings. The zero-order valence-electron chi connectivity index (χ0n) is 18.2. The number of nitrogen functional groups attached to an aromatic ring is 1. The molecule has 0 bridgehead atoms. The Morgan fingerprint density at radius 1 is 1.31 bits per heavy atom. The van der Waals surface area contributed by atoms with Gasteiger partial charge in [-0.2, -0.15) is 0 Å². The normalized spacial score (nSPS) is 18.1. The van der Waals surface area contributed by atoms with Gasteiger partial charge >= 0.3 is 183 Å². The molecule has 0 saturated carbocycles. The monoisotopic (exact) mass is 508 g/mol. The van der Waals surface area contributed by atoms with Crippen LogP contribution in [0.25, 0.3) is 5.52 Å². The number of alkyl carbamates (subject to hydrolysis) is 1. The number of rotatable bonds is 3. The van der Waals surface area contributed by atoms with Crippen molar-refractivity contribution in [1.82, 2.24) is 19.9 Å². The maximum atomic E-state index is 12.2. The molecular weight excluding hydrogens is 475 g/mol. The Morgan fingerprint density at radius 2 is 2.03 bits per heavy atom. The number of nitrogens with two attached hydrogens (primary N) is 1. The van der Waals surface area contributed by atoms with Gasteiger partial charge in [0, 0.05) is 0 Å². The standard InChI is InChI=1S/C16H23N6O2.C4H9.Sn/c1-16(2,3)24-15(23)20-11-5-4-7-21(9-11)12-6-8-22-13(12)14(17)18-10-19-22;1-4(2)3;/h6,10-11H,4-5,7,9H2,1-3H3,(H,20,23)(H2,17,18,19);1-3H3;/t11-;;/m1../s1. The Labute approximate surface area is 182 Å². The summed E-state index contributed by atoms with van der Waals surface area (Å²) in [5.41, 5.74) is 7.70. The predicted octanol–water partition coefficient (Wildman–Crippen LogP) is 2.35. The van der Waals surface area contributed by atoms with Crippen LogP contribution in [0.4, 0.5) is 16.3 Å². The van der Waals surface area contributed by atoms with Gasteiger partial charge in [0.05, 0.1) is 0 Å². The summed E-state index contributed by atoms with van der Waals surface area (Å²) in [6.07, 6.45) is 3.08. The van der Waals surface area contributed by atoms with Crippen LogP contribution in [-0.4, -0.2) is 66.6 Å². The first-order valence-corrected chi connectivity index (χ1v) is 12.9. The number of aromatic nitrogens is 3. The molecule has 8 nitrogen and oxygen atoms in total. The molecule has 3 N–H and O–H groups in total. The van der Waals surface area contributed by atoms with E-state index in [2.05, 4.69) is 47.1 Å². The van der Waals surface area contributed by atoms with Crippen molar-refractivity contribution in [3.05, 3.63) is 12.4 Å². The van der Waals surface area contributed by atoms with Crippen LogP contribution >= 0.6 is 0 Å². The summed E-state index contributed by atoms with van der Waals surface area (Å²) in [7, 11) is 0. The summed E-state index contributed by atoms with van der Waals surface area (Å²) >= 11 is -0.900. The van der Waals surface area contributed by atoms with E-state index < -0.39 is 26.7 Å². The molecule has 1 atom stereocenters. The maximum absolute atomic E-state index is 12.2. The Balaban J connectivity index is 1.85. The van der Waals surface area contributed by atoms with Gasteiger partial charge in [0.1, 0.15) is 0 Å². The van der Waals surface area contributed by atoms with E-state index in [-0.39, 0.29) is 15.6 Å². The van der Waals surface area contributed by atoms with Crippen LogP contribution in [-0.2, 0) is 4.74 Å². The molecular formula is C20H32N6O2Sn. The topological polar surface area (TPSA) is 97.8 Å². The first-order chi connectivity index (χ1) is 13.4. The third-order valence-electron chi connectivity index (χ3n) is 4.55. The van der Waals surface area contributed by atoms with Gasteiger partial charge in [-0.1, -0.05) is 0 Å². The second kappa shape index (κ2) is 8.20. The molecule has 29 heavy (non-hydrogen) atoms. The first kappa shape index (κ1) is 22.0. The summed E-state index contributed by atoms with van der Waals surface area (Å²) in [5, 5.41) is 7.52. The fraction of sp³-hybridized carbons (Fsp3) is 0.650. The molecule has 1 saturated heterocycles. The number of amides is 1. The number of anilines is 2. The Hall–Kier alpha value is -1.71. The molecule has 0 aromatic carbocycles. The SMILES string of the molecule is CC(C)(C)OC(=O)N[C@@H]1CCCN(c2c[c]([Sn][C](C)(C)C)n3ncnc(N)c23)C1. The average molecular weight is 507 g/mol. The van der Waals surface area contributed by atoms with E-state index in [1.54, 1.807) is 0 Å². The molecule has 0 spiro atoms.